The molecule has 0 radical (unpaired) electrons. The molecule has 0 saturated carbocycles. The van der Waals surface area contributed by atoms with Crippen LogP contribution in [0, 0.1) is 0 Å². The van der Waals surface area contributed by atoms with E-state index in [0.29, 0.717) is 27.3 Å². The van der Waals surface area contributed by atoms with Gasteiger partial charge in [0.05, 0.1) is 11.5 Å². The highest BCUT2D eigenvalue weighted by atomic mass is 35.5. The molecule has 0 unspecified atom stereocenters. The molecule has 33 heavy (non-hydrogen) atoms. The molecule has 1 amide bonds. The van der Waals surface area contributed by atoms with Crippen molar-refractivity contribution in [1.82, 2.24) is 20.2 Å². The molecule has 0 saturated heterocycles. The van der Waals surface area contributed by atoms with Crippen molar-refractivity contribution in [3.63, 3.8) is 0 Å². The van der Waals surface area contributed by atoms with Crippen LogP contribution in [0.5, 0.6) is 5.75 Å². The third-order valence-electron chi connectivity index (χ3n) is 4.72. The highest BCUT2D eigenvalue weighted by molar-refractivity contribution is 7.99. The third-order valence-corrected chi connectivity index (χ3v) is 5.91. The zero-order valence-corrected chi connectivity index (χ0v) is 19.2. The van der Waals surface area contributed by atoms with Gasteiger partial charge < -0.3 is 5.11 Å². The largest absolute Gasteiger partial charge is 0.507 e. The van der Waals surface area contributed by atoms with Gasteiger partial charge >= 0.3 is 0 Å². The van der Waals surface area contributed by atoms with E-state index in [0.717, 1.165) is 11.3 Å². The van der Waals surface area contributed by atoms with Gasteiger partial charge in [0.1, 0.15) is 5.75 Å². The Bertz CT molecular complexity index is 1290. The quantitative estimate of drug-likeness (QED) is 0.224. The van der Waals surface area contributed by atoms with Gasteiger partial charge in [-0.2, -0.15) is 5.10 Å². The van der Waals surface area contributed by atoms with E-state index in [1.165, 1.54) is 11.8 Å². The number of phenolic OH excluding ortho intramolecular Hbond substituents is 1. The minimum Gasteiger partial charge on any atom is -0.507 e. The van der Waals surface area contributed by atoms with Crippen LogP contribution in [0.25, 0.3) is 17.1 Å². The lowest BCUT2D eigenvalue weighted by atomic mass is 10.1. The molecule has 4 aromatic rings. The van der Waals surface area contributed by atoms with Crippen molar-refractivity contribution in [3.05, 3.63) is 89.4 Å². The molecule has 1 aromatic heterocycles. The Morgan fingerprint density at radius 2 is 1.73 bits per heavy atom. The second-order valence-corrected chi connectivity index (χ2v) is 8.40. The lowest BCUT2D eigenvalue weighted by molar-refractivity contribution is -0.118. The predicted molar refractivity (Wildman–Crippen MR) is 131 cm³/mol. The maximum atomic E-state index is 12.4. The number of aromatic nitrogens is 3. The summed E-state index contributed by atoms with van der Waals surface area (Å²) in [6, 6.07) is 23.9. The molecular formula is C24H20ClN5O2S. The van der Waals surface area contributed by atoms with Crippen molar-refractivity contribution in [2.75, 3.05) is 5.75 Å². The summed E-state index contributed by atoms with van der Waals surface area (Å²) in [4.78, 5) is 12.4. The van der Waals surface area contributed by atoms with Gasteiger partial charge in [0, 0.05) is 21.8 Å². The number of nitrogens with zero attached hydrogens (tertiary/aromatic N) is 4. The SMILES string of the molecule is CC(=NNC(=O)CSc1nnc(-c2ccccc2)n1-c1ccc(Cl)cc1)c1ccccc1O. The van der Waals surface area contributed by atoms with Crippen LogP contribution >= 0.6 is 23.4 Å². The van der Waals surface area contributed by atoms with E-state index < -0.39 is 0 Å². The molecule has 0 atom stereocenters. The standard InChI is InChI=1S/C24H20ClN5O2S/c1-16(20-9-5-6-10-21(20)31)26-27-22(32)15-33-24-29-28-23(17-7-3-2-4-8-17)30(24)19-13-11-18(25)12-14-19/h2-14,31H,15H2,1H3,(H,27,32). The van der Waals surface area contributed by atoms with Crippen molar-refractivity contribution in [1.29, 1.82) is 0 Å². The Balaban J connectivity index is 1.53. The summed E-state index contributed by atoms with van der Waals surface area (Å²) in [5.41, 5.74) is 5.32. The first kappa shape index (κ1) is 22.6. The third kappa shape index (κ3) is 5.42. The number of carbonyl (C=O) groups is 1. The van der Waals surface area contributed by atoms with Crippen molar-refractivity contribution in [2.45, 2.75) is 12.1 Å². The molecule has 2 N–H and O–H groups in total. The van der Waals surface area contributed by atoms with E-state index in [4.69, 9.17) is 11.6 Å². The number of carbonyl (C=O) groups excluding carboxylic acids is 1. The number of amides is 1. The number of thioether (sulfide) groups is 1. The lowest BCUT2D eigenvalue weighted by Gasteiger charge is -2.10. The van der Waals surface area contributed by atoms with Crippen LogP contribution in [0.3, 0.4) is 0 Å². The Morgan fingerprint density at radius 1 is 1.03 bits per heavy atom. The summed E-state index contributed by atoms with van der Waals surface area (Å²) in [5.74, 6) is 0.542. The number of para-hydroxylation sites is 1. The molecule has 0 bridgehead atoms. The molecule has 4 rings (SSSR count). The van der Waals surface area contributed by atoms with Crippen LogP contribution in [0.15, 0.2) is 89.1 Å². The minimum atomic E-state index is -0.304. The smallest absolute Gasteiger partial charge is 0.250 e. The number of halogens is 1. The first-order valence-corrected chi connectivity index (χ1v) is 11.4. The molecule has 1 heterocycles. The van der Waals surface area contributed by atoms with Gasteiger partial charge in [0.2, 0.25) is 0 Å². The number of hydrogen-bond acceptors (Lipinski definition) is 6. The molecule has 0 aliphatic heterocycles. The van der Waals surface area contributed by atoms with Crippen molar-refractivity contribution < 1.29 is 9.90 Å². The van der Waals surface area contributed by atoms with Crippen molar-refractivity contribution >= 4 is 35.0 Å². The Labute approximate surface area is 200 Å². The Morgan fingerprint density at radius 3 is 2.45 bits per heavy atom. The van der Waals surface area contributed by atoms with Crippen LogP contribution in [0.4, 0.5) is 0 Å². The van der Waals surface area contributed by atoms with E-state index in [1.54, 1.807) is 43.3 Å². The summed E-state index contributed by atoms with van der Waals surface area (Å²) >= 11 is 7.31. The first-order valence-electron chi connectivity index (χ1n) is 10.0. The number of hydrogen-bond donors (Lipinski definition) is 2. The Kier molecular flexibility index (Phi) is 7.07. The van der Waals surface area contributed by atoms with Crippen LogP contribution in [0.2, 0.25) is 5.02 Å². The summed E-state index contributed by atoms with van der Waals surface area (Å²) in [6.07, 6.45) is 0. The van der Waals surface area contributed by atoms with E-state index >= 15 is 0 Å². The van der Waals surface area contributed by atoms with Gasteiger partial charge in [-0.15, -0.1) is 10.2 Å². The van der Waals surface area contributed by atoms with E-state index in [2.05, 4.69) is 20.7 Å². The fourth-order valence-electron chi connectivity index (χ4n) is 3.11. The van der Waals surface area contributed by atoms with Gasteiger partial charge in [-0.3, -0.25) is 9.36 Å². The molecule has 9 heteroatoms. The number of aromatic hydroxyl groups is 1. The van der Waals surface area contributed by atoms with Crippen LogP contribution in [-0.4, -0.2) is 37.2 Å². The molecule has 3 aromatic carbocycles. The van der Waals surface area contributed by atoms with Crippen molar-refractivity contribution in [3.8, 4) is 22.8 Å². The number of rotatable bonds is 7. The lowest BCUT2D eigenvalue weighted by Crippen LogP contribution is -2.21. The van der Waals surface area contributed by atoms with Crippen LogP contribution < -0.4 is 5.43 Å². The minimum absolute atomic E-state index is 0.0814. The number of benzene rings is 3. The van der Waals surface area contributed by atoms with Gasteiger partial charge in [-0.25, -0.2) is 5.43 Å². The average molecular weight is 478 g/mol. The van der Waals surface area contributed by atoms with Gasteiger partial charge in [0.25, 0.3) is 5.91 Å². The molecule has 0 fully saturated rings. The van der Waals surface area contributed by atoms with E-state index in [-0.39, 0.29) is 17.4 Å². The summed E-state index contributed by atoms with van der Waals surface area (Å²) in [7, 11) is 0. The van der Waals surface area contributed by atoms with E-state index in [9.17, 15) is 9.90 Å². The number of phenols is 1. The van der Waals surface area contributed by atoms with Crippen LogP contribution in [-0.2, 0) is 4.79 Å². The molecule has 0 aliphatic carbocycles. The zero-order chi connectivity index (χ0) is 23.2. The molecule has 166 valence electrons. The molecule has 0 aliphatic rings. The Hall–Kier alpha value is -3.62. The fourth-order valence-corrected chi connectivity index (χ4v) is 3.98. The van der Waals surface area contributed by atoms with E-state index in [1.807, 2.05) is 47.0 Å². The maximum absolute atomic E-state index is 12.4. The van der Waals surface area contributed by atoms with Gasteiger partial charge in [-0.1, -0.05) is 65.8 Å². The summed E-state index contributed by atoms with van der Waals surface area (Å²) in [6.45, 7) is 1.71. The molecule has 7 nitrogen and oxygen atoms in total. The van der Waals surface area contributed by atoms with Gasteiger partial charge in [0.15, 0.2) is 11.0 Å². The second kappa shape index (κ2) is 10.3. The maximum Gasteiger partial charge on any atom is 0.250 e. The predicted octanol–water partition coefficient (Wildman–Crippen LogP) is 4.93. The van der Waals surface area contributed by atoms with Crippen LogP contribution in [0.1, 0.15) is 12.5 Å². The van der Waals surface area contributed by atoms with Crippen molar-refractivity contribution in [2.24, 2.45) is 5.10 Å². The fraction of sp³-hybridized carbons (Fsp3) is 0.0833. The van der Waals surface area contributed by atoms with Gasteiger partial charge in [-0.05, 0) is 43.3 Å². The highest BCUT2D eigenvalue weighted by Crippen LogP contribution is 2.28. The second-order valence-electron chi connectivity index (χ2n) is 7.02. The summed E-state index contributed by atoms with van der Waals surface area (Å²) < 4.78 is 1.89. The normalized spacial score (nSPS) is 11.4. The molecular weight excluding hydrogens is 458 g/mol. The monoisotopic (exact) mass is 477 g/mol. The first-order chi connectivity index (χ1) is 16.0. The highest BCUT2D eigenvalue weighted by Gasteiger charge is 2.17. The zero-order valence-electron chi connectivity index (χ0n) is 17.6. The topological polar surface area (TPSA) is 92.4 Å². The molecule has 0 spiro atoms. The summed E-state index contributed by atoms with van der Waals surface area (Å²) in [5, 5.41) is 23.9. The average Bonchev–Trinajstić information content (AvgIpc) is 3.26. The number of nitrogens with one attached hydrogen (secondary N) is 1. The number of hydrazone groups is 1.